The summed E-state index contributed by atoms with van der Waals surface area (Å²) in [6.07, 6.45) is 4.33. The van der Waals surface area contributed by atoms with Crippen LogP contribution in [0.2, 0.25) is 0 Å². The zero-order valence-electron chi connectivity index (χ0n) is 10.9. The van der Waals surface area contributed by atoms with Gasteiger partial charge in [-0.25, -0.2) is 0 Å². The van der Waals surface area contributed by atoms with Gasteiger partial charge < -0.3 is 4.74 Å². The van der Waals surface area contributed by atoms with Gasteiger partial charge in [0, 0.05) is 21.3 Å². The molecule has 1 aromatic carbocycles. The number of hydrogen-bond donors (Lipinski definition) is 2. The van der Waals surface area contributed by atoms with Crippen molar-refractivity contribution in [2.75, 3.05) is 7.11 Å². The Morgan fingerprint density at radius 2 is 2.10 bits per heavy atom. The minimum atomic E-state index is -0.0319. The molecule has 2 rings (SSSR count). The van der Waals surface area contributed by atoms with Crippen LogP contribution >= 0.6 is 31.9 Å². The summed E-state index contributed by atoms with van der Waals surface area (Å²) in [6.45, 7) is 0. The lowest BCUT2D eigenvalue weighted by molar-refractivity contribution is 0.412. The number of hydrogen-bond acceptors (Lipinski definition) is 4. The van der Waals surface area contributed by atoms with Crippen LogP contribution in [-0.2, 0) is 6.42 Å². The molecule has 0 saturated heterocycles. The molecule has 6 heteroatoms. The van der Waals surface area contributed by atoms with E-state index in [0.29, 0.717) is 0 Å². The third kappa shape index (κ3) is 3.79. The lowest BCUT2D eigenvalue weighted by Crippen LogP contribution is -2.30. The minimum Gasteiger partial charge on any atom is -0.497 e. The highest BCUT2D eigenvalue weighted by Gasteiger charge is 2.15. The Morgan fingerprint density at radius 3 is 2.75 bits per heavy atom. The fourth-order valence-corrected chi connectivity index (χ4v) is 2.91. The third-order valence-corrected chi connectivity index (χ3v) is 4.14. The van der Waals surface area contributed by atoms with E-state index >= 15 is 0 Å². The van der Waals surface area contributed by atoms with E-state index < -0.39 is 0 Å². The molecule has 20 heavy (non-hydrogen) atoms. The first-order valence-corrected chi connectivity index (χ1v) is 7.61. The van der Waals surface area contributed by atoms with Crippen LogP contribution in [0, 0.1) is 0 Å². The molecule has 3 N–H and O–H groups in total. The number of nitrogens with two attached hydrogens (primary N) is 1. The van der Waals surface area contributed by atoms with Crippen LogP contribution in [0.4, 0.5) is 0 Å². The summed E-state index contributed by atoms with van der Waals surface area (Å²) in [5.41, 5.74) is 4.99. The highest BCUT2D eigenvalue weighted by Crippen LogP contribution is 2.29. The van der Waals surface area contributed by atoms with Gasteiger partial charge in [0.2, 0.25) is 0 Å². The Kier molecular flexibility index (Phi) is 5.54. The second kappa shape index (κ2) is 7.17. The van der Waals surface area contributed by atoms with Crippen molar-refractivity contribution in [3.05, 3.63) is 56.7 Å². The van der Waals surface area contributed by atoms with Gasteiger partial charge in [-0.1, -0.05) is 15.9 Å². The van der Waals surface area contributed by atoms with E-state index in [1.807, 2.05) is 30.5 Å². The number of rotatable bonds is 5. The van der Waals surface area contributed by atoms with Crippen LogP contribution in [0.3, 0.4) is 0 Å². The molecule has 106 valence electrons. The number of nitrogens with one attached hydrogen (secondary N) is 1. The van der Waals surface area contributed by atoms with E-state index in [4.69, 9.17) is 10.6 Å². The molecule has 0 fully saturated rings. The SMILES string of the molecule is COc1ccc(Br)c(C(Cc2cncc(Br)c2)NN)c1. The van der Waals surface area contributed by atoms with Gasteiger partial charge in [-0.15, -0.1) is 0 Å². The molecule has 1 aromatic heterocycles. The van der Waals surface area contributed by atoms with Crippen LogP contribution in [0.15, 0.2) is 45.6 Å². The lowest BCUT2D eigenvalue weighted by Gasteiger charge is -2.18. The summed E-state index contributed by atoms with van der Waals surface area (Å²) in [5.74, 6) is 6.51. The largest absolute Gasteiger partial charge is 0.497 e. The highest BCUT2D eigenvalue weighted by atomic mass is 79.9. The van der Waals surface area contributed by atoms with Gasteiger partial charge in [-0.05, 0) is 57.7 Å². The lowest BCUT2D eigenvalue weighted by atomic mass is 10.0. The summed E-state index contributed by atoms with van der Waals surface area (Å²) in [4.78, 5) is 4.17. The number of halogens is 2. The van der Waals surface area contributed by atoms with E-state index in [2.05, 4.69) is 42.3 Å². The Labute approximate surface area is 135 Å². The topological polar surface area (TPSA) is 60.2 Å². The summed E-state index contributed by atoms with van der Waals surface area (Å²) in [5, 5.41) is 0. The average Bonchev–Trinajstić information content (AvgIpc) is 2.46. The molecule has 0 aliphatic rings. The maximum absolute atomic E-state index is 5.71. The monoisotopic (exact) mass is 399 g/mol. The number of hydrazine groups is 1. The van der Waals surface area contributed by atoms with Crippen LogP contribution in [0.1, 0.15) is 17.2 Å². The van der Waals surface area contributed by atoms with Gasteiger partial charge in [-0.2, -0.15) is 0 Å². The van der Waals surface area contributed by atoms with E-state index in [-0.39, 0.29) is 6.04 Å². The first-order chi connectivity index (χ1) is 9.63. The van der Waals surface area contributed by atoms with E-state index in [9.17, 15) is 0 Å². The molecule has 1 atom stereocenters. The standard InChI is InChI=1S/C14H15Br2N3O/c1-20-11-2-3-13(16)12(6-11)14(19-17)5-9-4-10(15)8-18-7-9/h2-4,6-8,14,19H,5,17H2,1H3. The molecule has 4 nitrogen and oxygen atoms in total. The first kappa shape index (κ1) is 15.4. The van der Waals surface area contributed by atoms with Crippen molar-refractivity contribution >= 4 is 31.9 Å². The third-order valence-electron chi connectivity index (χ3n) is 2.98. The number of nitrogens with zero attached hydrogens (tertiary/aromatic N) is 1. The van der Waals surface area contributed by atoms with Crippen molar-refractivity contribution in [1.82, 2.24) is 10.4 Å². The fourth-order valence-electron chi connectivity index (χ4n) is 1.98. The maximum atomic E-state index is 5.71. The number of aromatic nitrogens is 1. The van der Waals surface area contributed by atoms with Crippen LogP contribution < -0.4 is 16.0 Å². The van der Waals surface area contributed by atoms with Gasteiger partial charge in [0.25, 0.3) is 0 Å². The Balaban J connectivity index is 2.28. The molecule has 1 unspecified atom stereocenters. The van der Waals surface area contributed by atoms with E-state index in [0.717, 1.165) is 32.2 Å². The van der Waals surface area contributed by atoms with Gasteiger partial charge in [0.15, 0.2) is 0 Å². The smallest absolute Gasteiger partial charge is 0.119 e. The summed E-state index contributed by atoms with van der Waals surface area (Å²) in [7, 11) is 1.65. The molecule has 0 saturated carbocycles. The molecule has 0 spiro atoms. The quantitative estimate of drug-likeness (QED) is 0.596. The van der Waals surface area contributed by atoms with Gasteiger partial charge in [-0.3, -0.25) is 16.3 Å². The van der Waals surface area contributed by atoms with Crippen molar-refractivity contribution in [3.63, 3.8) is 0 Å². The maximum Gasteiger partial charge on any atom is 0.119 e. The summed E-state index contributed by atoms with van der Waals surface area (Å²) < 4.78 is 7.21. The Morgan fingerprint density at radius 1 is 1.30 bits per heavy atom. The zero-order valence-corrected chi connectivity index (χ0v) is 14.1. The number of benzene rings is 1. The number of pyridine rings is 1. The van der Waals surface area contributed by atoms with Crippen molar-refractivity contribution in [2.45, 2.75) is 12.5 Å². The average molecular weight is 401 g/mol. The van der Waals surface area contributed by atoms with Crippen molar-refractivity contribution < 1.29 is 4.74 Å². The molecule has 0 aliphatic heterocycles. The summed E-state index contributed by atoms with van der Waals surface area (Å²) >= 11 is 6.98. The predicted octanol–water partition coefficient (Wildman–Crippen LogP) is 3.36. The fraction of sp³-hybridized carbons (Fsp3) is 0.214. The summed E-state index contributed by atoms with van der Waals surface area (Å²) in [6, 6.07) is 7.83. The van der Waals surface area contributed by atoms with Gasteiger partial charge >= 0.3 is 0 Å². The molecule has 0 bridgehead atoms. The molecular weight excluding hydrogens is 386 g/mol. The zero-order chi connectivity index (χ0) is 14.5. The number of methoxy groups -OCH3 is 1. The molecule has 1 heterocycles. The molecule has 0 amide bonds. The molecule has 0 radical (unpaired) electrons. The van der Waals surface area contributed by atoms with Crippen LogP contribution in [0.5, 0.6) is 5.75 Å². The molecular formula is C14H15Br2N3O. The molecule has 2 aromatic rings. The van der Waals surface area contributed by atoms with Crippen LogP contribution in [0.25, 0.3) is 0 Å². The van der Waals surface area contributed by atoms with Crippen molar-refractivity contribution in [2.24, 2.45) is 5.84 Å². The van der Waals surface area contributed by atoms with Gasteiger partial charge in [0.1, 0.15) is 5.75 Å². The first-order valence-electron chi connectivity index (χ1n) is 6.03. The molecule has 0 aliphatic carbocycles. The van der Waals surface area contributed by atoms with Crippen molar-refractivity contribution in [3.8, 4) is 5.75 Å². The Hall–Kier alpha value is -0.950. The van der Waals surface area contributed by atoms with Crippen molar-refractivity contribution in [1.29, 1.82) is 0 Å². The van der Waals surface area contributed by atoms with Crippen LogP contribution in [-0.4, -0.2) is 12.1 Å². The van der Waals surface area contributed by atoms with E-state index in [1.165, 1.54) is 0 Å². The number of ether oxygens (including phenoxy) is 1. The normalized spacial score (nSPS) is 12.2. The predicted molar refractivity (Wildman–Crippen MR) is 86.4 cm³/mol. The second-order valence-electron chi connectivity index (χ2n) is 4.32. The minimum absolute atomic E-state index is 0.0319. The van der Waals surface area contributed by atoms with Gasteiger partial charge in [0.05, 0.1) is 13.2 Å². The highest BCUT2D eigenvalue weighted by molar-refractivity contribution is 9.10. The second-order valence-corrected chi connectivity index (χ2v) is 6.09. The van der Waals surface area contributed by atoms with E-state index in [1.54, 1.807) is 13.3 Å². The Bertz CT molecular complexity index is 592.